The van der Waals surface area contributed by atoms with Crippen LogP contribution in [-0.4, -0.2) is 42.9 Å². The van der Waals surface area contributed by atoms with Crippen molar-refractivity contribution in [1.82, 2.24) is 20.4 Å². The lowest BCUT2D eigenvalue weighted by atomic mass is 9.83. The summed E-state index contributed by atoms with van der Waals surface area (Å²) in [5.41, 5.74) is 2.53. The van der Waals surface area contributed by atoms with Crippen LogP contribution in [0.4, 0.5) is 5.82 Å². The molecular formula is C13H17N7O4S. The number of rotatable bonds is 7. The molecule has 1 aliphatic rings. The fraction of sp³-hybridized carbons (Fsp3) is 0.308. The van der Waals surface area contributed by atoms with Crippen LogP contribution in [0.25, 0.3) is 0 Å². The minimum absolute atomic E-state index is 0.00398. The quantitative estimate of drug-likeness (QED) is 0.141. The molecular weight excluding hydrogens is 350 g/mol. The van der Waals surface area contributed by atoms with Gasteiger partial charge in [0.15, 0.2) is 11.5 Å². The second-order valence-corrected chi connectivity index (χ2v) is 6.75. The van der Waals surface area contributed by atoms with E-state index in [2.05, 4.69) is 35.5 Å². The molecule has 1 atom stereocenters. The van der Waals surface area contributed by atoms with Crippen LogP contribution in [0.15, 0.2) is 34.1 Å². The number of hydrogen-bond acceptors (Lipinski definition) is 8. The van der Waals surface area contributed by atoms with Gasteiger partial charge in [0.1, 0.15) is 0 Å². The van der Waals surface area contributed by atoms with Crippen molar-refractivity contribution in [3.05, 3.63) is 41.1 Å². The van der Waals surface area contributed by atoms with Gasteiger partial charge in [0.05, 0.1) is 6.04 Å². The summed E-state index contributed by atoms with van der Waals surface area (Å²) in [5, 5.41) is 30.7. The lowest BCUT2D eigenvalue weighted by Gasteiger charge is -2.31. The van der Waals surface area contributed by atoms with E-state index in [0.29, 0.717) is 0 Å². The van der Waals surface area contributed by atoms with E-state index in [1.165, 1.54) is 5.56 Å². The molecule has 2 aromatic rings. The molecule has 134 valence electrons. The van der Waals surface area contributed by atoms with Gasteiger partial charge in [-0.25, -0.2) is 14.5 Å². The number of hydrogen-bond donors (Lipinski definition) is 5. The van der Waals surface area contributed by atoms with Crippen molar-refractivity contribution in [3.63, 3.8) is 0 Å². The van der Waals surface area contributed by atoms with Gasteiger partial charge in [-0.05, 0) is 27.9 Å². The van der Waals surface area contributed by atoms with Crippen LogP contribution < -0.4 is 20.5 Å². The molecule has 0 aliphatic heterocycles. The largest absolute Gasteiger partial charge is 0.409 e. The Labute approximate surface area is 143 Å². The highest BCUT2D eigenvalue weighted by molar-refractivity contribution is 7.87. The molecule has 0 amide bonds. The zero-order valence-electron chi connectivity index (χ0n) is 13.0. The van der Waals surface area contributed by atoms with Gasteiger partial charge >= 0.3 is 0 Å². The first-order chi connectivity index (χ1) is 12.0. The van der Waals surface area contributed by atoms with Crippen molar-refractivity contribution in [2.45, 2.75) is 12.5 Å². The van der Waals surface area contributed by atoms with Gasteiger partial charge in [-0.15, -0.1) is 0 Å². The predicted octanol–water partition coefficient (Wildman–Crippen LogP) is -0.703. The number of aromatic nitrogens is 2. The van der Waals surface area contributed by atoms with Crippen LogP contribution in [0.5, 0.6) is 0 Å². The smallest absolute Gasteiger partial charge is 0.274 e. The summed E-state index contributed by atoms with van der Waals surface area (Å²) < 4.78 is 28.4. The average Bonchev–Trinajstić information content (AvgIpc) is 3.00. The average molecular weight is 367 g/mol. The Bertz CT molecular complexity index is 880. The van der Waals surface area contributed by atoms with Gasteiger partial charge in [-0.3, -0.25) is 0 Å². The molecule has 0 saturated heterocycles. The minimum atomic E-state index is -3.76. The van der Waals surface area contributed by atoms with E-state index in [4.69, 9.17) is 5.14 Å². The molecule has 0 spiro atoms. The van der Waals surface area contributed by atoms with Gasteiger partial charge < -0.3 is 15.8 Å². The van der Waals surface area contributed by atoms with E-state index >= 15 is 0 Å². The summed E-state index contributed by atoms with van der Waals surface area (Å²) in [6.45, 7) is 0.225. The lowest BCUT2D eigenvalue weighted by Crippen LogP contribution is -2.37. The zero-order valence-corrected chi connectivity index (χ0v) is 13.8. The van der Waals surface area contributed by atoms with E-state index in [-0.39, 0.29) is 36.5 Å². The zero-order chi connectivity index (χ0) is 17.9. The predicted molar refractivity (Wildman–Crippen MR) is 88.2 cm³/mol. The van der Waals surface area contributed by atoms with Crippen LogP contribution in [0.1, 0.15) is 22.9 Å². The van der Waals surface area contributed by atoms with Crippen LogP contribution in [0.3, 0.4) is 0 Å². The highest BCUT2D eigenvalue weighted by atomic mass is 32.2. The van der Waals surface area contributed by atoms with Crippen molar-refractivity contribution < 1.29 is 18.3 Å². The van der Waals surface area contributed by atoms with E-state index in [0.717, 1.165) is 12.0 Å². The maximum absolute atomic E-state index is 10.8. The Morgan fingerprint density at radius 1 is 1.36 bits per heavy atom. The van der Waals surface area contributed by atoms with Crippen LogP contribution in [0.2, 0.25) is 0 Å². The molecule has 11 nitrogen and oxygen atoms in total. The summed E-state index contributed by atoms with van der Waals surface area (Å²) in [4.78, 5) is 0. The number of oxime groups is 1. The van der Waals surface area contributed by atoms with Crippen molar-refractivity contribution in [1.29, 1.82) is 0 Å². The monoisotopic (exact) mass is 367 g/mol. The number of benzene rings is 1. The van der Waals surface area contributed by atoms with Gasteiger partial charge in [0.2, 0.25) is 5.82 Å². The molecule has 1 heterocycles. The summed E-state index contributed by atoms with van der Waals surface area (Å²) in [6, 6.07) is 7.92. The Hall–Kier alpha value is -2.70. The molecule has 0 fully saturated rings. The maximum atomic E-state index is 10.8. The number of amidine groups is 1. The number of anilines is 1. The summed E-state index contributed by atoms with van der Waals surface area (Å²) in [6.07, 6.45) is 0.793. The molecule has 1 aromatic heterocycles. The normalized spacial score (nSPS) is 16.8. The fourth-order valence-corrected chi connectivity index (χ4v) is 2.92. The third-order valence-corrected chi connectivity index (χ3v) is 4.31. The van der Waals surface area contributed by atoms with Gasteiger partial charge in [0.25, 0.3) is 10.2 Å². The summed E-state index contributed by atoms with van der Waals surface area (Å²) in [7, 11) is -3.76. The molecule has 1 unspecified atom stereocenters. The Kier molecular flexibility index (Phi) is 4.83. The van der Waals surface area contributed by atoms with Crippen molar-refractivity contribution in [3.8, 4) is 0 Å². The van der Waals surface area contributed by atoms with Crippen LogP contribution >= 0.6 is 0 Å². The molecule has 1 aromatic carbocycles. The number of nitrogens with zero attached hydrogens (tertiary/aromatic N) is 3. The van der Waals surface area contributed by atoms with Gasteiger partial charge in [0, 0.05) is 13.1 Å². The molecule has 1 aliphatic carbocycles. The minimum Gasteiger partial charge on any atom is -0.409 e. The van der Waals surface area contributed by atoms with Crippen LogP contribution in [0, 0.1) is 0 Å². The van der Waals surface area contributed by atoms with Gasteiger partial charge in [-0.2, -0.15) is 8.42 Å². The van der Waals surface area contributed by atoms with E-state index in [1.54, 1.807) is 0 Å². The first-order valence-electron chi connectivity index (χ1n) is 7.38. The summed E-state index contributed by atoms with van der Waals surface area (Å²) in [5.74, 6) is 0.312. The fourth-order valence-electron chi connectivity index (χ4n) is 2.53. The van der Waals surface area contributed by atoms with Crippen LogP contribution in [-0.2, 0) is 16.6 Å². The second kappa shape index (κ2) is 7.04. The Balaban J connectivity index is 1.62. The Morgan fingerprint density at radius 3 is 2.88 bits per heavy atom. The molecule has 0 saturated carbocycles. The number of fused-ring (bicyclic) bond motifs is 1. The third-order valence-electron chi connectivity index (χ3n) is 3.70. The number of nitrogens with one attached hydrogen (secondary N) is 3. The molecule has 0 bridgehead atoms. The van der Waals surface area contributed by atoms with E-state index < -0.39 is 10.2 Å². The molecule has 3 rings (SSSR count). The Morgan fingerprint density at radius 2 is 2.16 bits per heavy atom. The highest BCUT2D eigenvalue weighted by Crippen LogP contribution is 2.32. The highest BCUT2D eigenvalue weighted by Gasteiger charge is 2.28. The van der Waals surface area contributed by atoms with E-state index in [9.17, 15) is 13.6 Å². The van der Waals surface area contributed by atoms with Gasteiger partial charge in [-0.1, -0.05) is 29.4 Å². The molecule has 6 N–H and O–H groups in total. The van der Waals surface area contributed by atoms with E-state index in [1.807, 2.05) is 24.3 Å². The van der Waals surface area contributed by atoms with Crippen molar-refractivity contribution in [2.75, 3.05) is 18.4 Å². The molecule has 25 heavy (non-hydrogen) atoms. The lowest BCUT2D eigenvalue weighted by molar-refractivity contribution is 0.303. The third kappa shape index (κ3) is 4.04. The standard InChI is InChI=1S/C13H17N7O4S/c14-25(22,23)16-6-5-15-12-11(19-24-20-12)13(18-21)17-10-7-8-3-1-2-4-9(8)10/h1-4,10,16,21H,5-7H2,(H,15,20)(H,17,18)(H2,14,22,23). The summed E-state index contributed by atoms with van der Waals surface area (Å²) >= 11 is 0. The first kappa shape index (κ1) is 17.1. The topological polar surface area (TPSA) is 168 Å². The SMILES string of the molecule is NS(=O)(=O)NCCNc1nonc1/C(=N/O)NC1Cc2ccccc21. The van der Waals surface area contributed by atoms with Crippen molar-refractivity contribution in [2.24, 2.45) is 10.3 Å². The van der Waals surface area contributed by atoms with Crippen molar-refractivity contribution >= 4 is 21.9 Å². The second-order valence-electron chi connectivity index (χ2n) is 5.38. The first-order valence-corrected chi connectivity index (χ1v) is 8.93. The molecule has 12 heteroatoms. The molecule has 0 radical (unpaired) electrons. The number of nitrogens with two attached hydrogens (primary N) is 1. The maximum Gasteiger partial charge on any atom is 0.274 e.